The number of nitrogens with zero attached hydrogens (tertiary/aromatic N) is 2. The van der Waals surface area contributed by atoms with E-state index in [1.54, 1.807) is 11.8 Å². The molecule has 106 valence electrons. The van der Waals surface area contributed by atoms with E-state index in [2.05, 4.69) is 10.1 Å². The van der Waals surface area contributed by atoms with Gasteiger partial charge in [0.15, 0.2) is 5.82 Å². The number of benzene rings is 1. The fraction of sp³-hybridized carbons (Fsp3) is 0.429. The molecule has 0 spiro atoms. The van der Waals surface area contributed by atoms with Crippen LogP contribution in [0.5, 0.6) is 0 Å². The first-order chi connectivity index (χ1) is 9.72. The van der Waals surface area contributed by atoms with Crippen LogP contribution >= 0.6 is 23.4 Å². The first kappa shape index (κ1) is 13.9. The van der Waals surface area contributed by atoms with Gasteiger partial charge < -0.3 is 10.3 Å². The Morgan fingerprint density at radius 3 is 2.65 bits per heavy atom. The number of thioether (sulfide) groups is 1. The second-order valence-electron chi connectivity index (χ2n) is 5.10. The standard InChI is InChI=1S/C14H16ClN3OS/c15-10-2-4-11(5-3-10)20-8-12-17-13(19-18-12)14(9-16)6-1-7-14/h2-5H,1,6-9,16H2. The van der Waals surface area contributed by atoms with E-state index in [0.29, 0.717) is 18.2 Å². The average molecular weight is 310 g/mol. The van der Waals surface area contributed by atoms with Crippen molar-refractivity contribution in [3.8, 4) is 0 Å². The molecule has 1 fully saturated rings. The van der Waals surface area contributed by atoms with Crippen LogP contribution in [0.1, 0.15) is 31.0 Å². The molecule has 3 rings (SSSR count). The Kier molecular flexibility index (Phi) is 4.01. The van der Waals surface area contributed by atoms with Gasteiger partial charge in [-0.05, 0) is 37.1 Å². The van der Waals surface area contributed by atoms with Crippen LogP contribution in [-0.4, -0.2) is 16.7 Å². The van der Waals surface area contributed by atoms with Gasteiger partial charge in [0.05, 0.1) is 11.2 Å². The van der Waals surface area contributed by atoms with Crippen molar-refractivity contribution in [1.82, 2.24) is 10.1 Å². The molecule has 4 nitrogen and oxygen atoms in total. The lowest BCUT2D eigenvalue weighted by atomic mass is 9.69. The Morgan fingerprint density at radius 1 is 1.30 bits per heavy atom. The monoisotopic (exact) mass is 309 g/mol. The fourth-order valence-corrected chi connectivity index (χ4v) is 3.18. The molecule has 1 aliphatic carbocycles. The average Bonchev–Trinajstić information content (AvgIpc) is 2.87. The van der Waals surface area contributed by atoms with Crippen LogP contribution in [0.15, 0.2) is 33.7 Å². The molecule has 1 heterocycles. The molecule has 2 N–H and O–H groups in total. The lowest BCUT2D eigenvalue weighted by molar-refractivity contribution is 0.181. The summed E-state index contributed by atoms with van der Waals surface area (Å²) in [6.45, 7) is 0.582. The molecule has 0 atom stereocenters. The van der Waals surface area contributed by atoms with Crippen molar-refractivity contribution in [2.24, 2.45) is 5.73 Å². The van der Waals surface area contributed by atoms with Gasteiger partial charge in [0.25, 0.3) is 0 Å². The molecule has 1 aliphatic rings. The van der Waals surface area contributed by atoms with Crippen molar-refractivity contribution >= 4 is 23.4 Å². The summed E-state index contributed by atoms with van der Waals surface area (Å²) in [6, 6.07) is 7.73. The minimum atomic E-state index is -0.0593. The molecule has 20 heavy (non-hydrogen) atoms. The highest BCUT2D eigenvalue weighted by Crippen LogP contribution is 2.42. The molecule has 0 unspecified atom stereocenters. The minimum Gasteiger partial charge on any atom is -0.339 e. The van der Waals surface area contributed by atoms with Gasteiger partial charge in [-0.1, -0.05) is 23.2 Å². The maximum atomic E-state index is 5.86. The highest BCUT2D eigenvalue weighted by atomic mass is 35.5. The second kappa shape index (κ2) is 5.76. The number of halogens is 1. The molecule has 2 aromatic rings. The van der Waals surface area contributed by atoms with Crippen molar-refractivity contribution in [2.45, 2.75) is 35.3 Å². The Hall–Kier alpha value is -1.04. The number of nitrogens with two attached hydrogens (primary N) is 1. The van der Waals surface area contributed by atoms with Crippen molar-refractivity contribution < 1.29 is 4.52 Å². The highest BCUT2D eigenvalue weighted by Gasteiger charge is 2.42. The topological polar surface area (TPSA) is 64.9 Å². The number of hydrogen-bond donors (Lipinski definition) is 1. The summed E-state index contributed by atoms with van der Waals surface area (Å²) in [6.07, 6.45) is 3.29. The summed E-state index contributed by atoms with van der Waals surface area (Å²) in [5.41, 5.74) is 5.78. The van der Waals surface area contributed by atoms with E-state index in [4.69, 9.17) is 21.9 Å². The summed E-state index contributed by atoms with van der Waals surface area (Å²) < 4.78 is 5.39. The normalized spacial score (nSPS) is 16.9. The molecule has 0 radical (unpaired) electrons. The summed E-state index contributed by atoms with van der Waals surface area (Å²) >= 11 is 7.52. The van der Waals surface area contributed by atoms with Crippen LogP contribution in [-0.2, 0) is 11.2 Å². The zero-order chi connectivity index (χ0) is 14.0. The molecule has 1 aromatic carbocycles. The predicted octanol–water partition coefficient (Wildman–Crippen LogP) is 3.40. The Balaban J connectivity index is 1.64. The summed E-state index contributed by atoms with van der Waals surface area (Å²) in [5, 5.41) is 4.80. The smallest absolute Gasteiger partial charge is 0.234 e. The zero-order valence-corrected chi connectivity index (χ0v) is 12.6. The quantitative estimate of drug-likeness (QED) is 0.858. The van der Waals surface area contributed by atoms with Crippen molar-refractivity contribution in [3.05, 3.63) is 41.0 Å². The first-order valence-electron chi connectivity index (χ1n) is 6.63. The molecule has 0 aliphatic heterocycles. The maximum Gasteiger partial charge on any atom is 0.234 e. The largest absolute Gasteiger partial charge is 0.339 e. The van der Waals surface area contributed by atoms with E-state index < -0.39 is 0 Å². The van der Waals surface area contributed by atoms with E-state index in [9.17, 15) is 0 Å². The Bertz CT molecular complexity index is 575. The third-order valence-corrected chi connectivity index (χ3v) is 5.06. The number of rotatable bonds is 5. The Morgan fingerprint density at radius 2 is 2.05 bits per heavy atom. The third kappa shape index (κ3) is 2.71. The van der Waals surface area contributed by atoms with Crippen molar-refractivity contribution in [2.75, 3.05) is 6.54 Å². The lowest BCUT2D eigenvalue weighted by Gasteiger charge is -2.36. The third-order valence-electron chi connectivity index (χ3n) is 3.80. The van der Waals surface area contributed by atoms with Crippen LogP contribution in [0, 0.1) is 0 Å². The number of aromatic nitrogens is 2. The zero-order valence-electron chi connectivity index (χ0n) is 11.0. The molecule has 1 saturated carbocycles. The van der Waals surface area contributed by atoms with Crippen LogP contribution in [0.2, 0.25) is 5.02 Å². The SMILES string of the molecule is NCC1(c2nc(CSc3ccc(Cl)cc3)no2)CCC1. The van der Waals surface area contributed by atoms with Crippen LogP contribution in [0.3, 0.4) is 0 Å². The van der Waals surface area contributed by atoms with E-state index in [-0.39, 0.29) is 5.41 Å². The van der Waals surface area contributed by atoms with E-state index in [0.717, 1.165) is 28.6 Å². The van der Waals surface area contributed by atoms with Gasteiger partial charge in [-0.3, -0.25) is 0 Å². The van der Waals surface area contributed by atoms with Crippen LogP contribution in [0.4, 0.5) is 0 Å². The molecule has 0 amide bonds. The van der Waals surface area contributed by atoms with Crippen molar-refractivity contribution in [1.29, 1.82) is 0 Å². The lowest BCUT2D eigenvalue weighted by Crippen LogP contribution is -2.41. The van der Waals surface area contributed by atoms with E-state index in [1.807, 2.05) is 24.3 Å². The molecular formula is C14H16ClN3OS. The predicted molar refractivity (Wildman–Crippen MR) is 79.9 cm³/mol. The Labute approximate surface area is 127 Å². The molecule has 6 heteroatoms. The number of hydrogen-bond acceptors (Lipinski definition) is 5. The summed E-state index contributed by atoms with van der Waals surface area (Å²) in [5.74, 6) is 2.11. The van der Waals surface area contributed by atoms with Gasteiger partial charge in [0, 0.05) is 16.5 Å². The summed E-state index contributed by atoms with van der Waals surface area (Å²) in [4.78, 5) is 5.64. The van der Waals surface area contributed by atoms with Gasteiger partial charge in [-0.2, -0.15) is 4.98 Å². The summed E-state index contributed by atoms with van der Waals surface area (Å²) in [7, 11) is 0. The van der Waals surface area contributed by atoms with Crippen LogP contribution in [0.25, 0.3) is 0 Å². The minimum absolute atomic E-state index is 0.0593. The molecule has 0 saturated heterocycles. The van der Waals surface area contributed by atoms with Crippen LogP contribution < -0.4 is 5.73 Å². The van der Waals surface area contributed by atoms with Gasteiger partial charge in [-0.25, -0.2) is 0 Å². The molecular weight excluding hydrogens is 294 g/mol. The van der Waals surface area contributed by atoms with Crippen molar-refractivity contribution in [3.63, 3.8) is 0 Å². The fourth-order valence-electron chi connectivity index (χ4n) is 2.32. The maximum absolute atomic E-state index is 5.86. The molecule has 0 bridgehead atoms. The van der Waals surface area contributed by atoms with E-state index >= 15 is 0 Å². The highest BCUT2D eigenvalue weighted by molar-refractivity contribution is 7.98. The van der Waals surface area contributed by atoms with Gasteiger partial charge in [0.1, 0.15) is 0 Å². The van der Waals surface area contributed by atoms with E-state index in [1.165, 1.54) is 6.42 Å². The first-order valence-corrected chi connectivity index (χ1v) is 8.00. The van der Waals surface area contributed by atoms with Gasteiger partial charge >= 0.3 is 0 Å². The molecule has 1 aromatic heterocycles. The second-order valence-corrected chi connectivity index (χ2v) is 6.58. The van der Waals surface area contributed by atoms with Gasteiger partial charge in [0.2, 0.25) is 5.89 Å². The van der Waals surface area contributed by atoms with Gasteiger partial charge in [-0.15, -0.1) is 11.8 Å².